The second-order valence-corrected chi connectivity index (χ2v) is 12.0. The molecular formula is C23H25F2N5O9P2. The minimum absolute atomic E-state index is 0.126. The van der Waals surface area contributed by atoms with Crippen molar-refractivity contribution in [2.24, 2.45) is 11.8 Å². The molecule has 5 rings (SSSR count). The molecule has 6 N–H and O–H groups in total. The Morgan fingerprint density at radius 3 is 2.12 bits per heavy atom. The first-order chi connectivity index (χ1) is 19.4. The Labute approximate surface area is 231 Å². The Bertz CT molecular complexity index is 1600. The highest BCUT2D eigenvalue weighted by atomic mass is 31.2. The lowest BCUT2D eigenvalue weighted by Crippen LogP contribution is -2.55. The molecule has 0 amide bonds. The van der Waals surface area contributed by atoms with Crippen LogP contribution < -0.4 is 30.6 Å². The number of hydrogen-bond acceptors (Lipinski definition) is 11. The van der Waals surface area contributed by atoms with Crippen LogP contribution >= 0.6 is 15.6 Å². The second-order valence-electron chi connectivity index (χ2n) is 9.25. The van der Waals surface area contributed by atoms with Crippen molar-refractivity contribution in [1.82, 2.24) is 9.97 Å². The zero-order chi connectivity index (χ0) is 29.4. The maximum absolute atomic E-state index is 14.0. The molecule has 0 saturated heterocycles. The van der Waals surface area contributed by atoms with E-state index in [0.29, 0.717) is 6.42 Å². The van der Waals surface area contributed by atoms with Gasteiger partial charge in [-0.15, -0.1) is 0 Å². The van der Waals surface area contributed by atoms with Gasteiger partial charge < -0.3 is 25.0 Å². The number of nitrogens with zero attached hydrogens (tertiary/aromatic N) is 2. The molecule has 0 bridgehead atoms. The number of hydrogen-bond donors (Lipinski definition) is 5. The van der Waals surface area contributed by atoms with Gasteiger partial charge in [-0.25, -0.2) is 17.9 Å². The molecular weight excluding hydrogens is 590 g/mol. The van der Waals surface area contributed by atoms with E-state index in [9.17, 15) is 32.5 Å². The number of nitrogens with one attached hydrogen (secondary N) is 2. The number of rotatable bonds is 11. The van der Waals surface area contributed by atoms with E-state index in [1.54, 1.807) is 4.90 Å². The number of aromatic nitrogens is 2. The van der Waals surface area contributed by atoms with E-state index < -0.39 is 68.8 Å². The van der Waals surface area contributed by atoms with E-state index in [2.05, 4.69) is 15.3 Å². The predicted molar refractivity (Wildman–Crippen MR) is 141 cm³/mol. The summed E-state index contributed by atoms with van der Waals surface area (Å²) < 4.78 is 73.0. The fourth-order valence-electron chi connectivity index (χ4n) is 4.64. The normalized spacial score (nSPS) is 22.5. The van der Waals surface area contributed by atoms with E-state index in [4.69, 9.17) is 23.8 Å². The SMILES string of the molecule is Nc1nc2c(c(=O)[nH]1)NCN2[C@@H]1C[C@H](COP(=O)(O)Oc2ccccc2F)[C@H]1COP(=O)(O)Oc1ccccc1F. The molecule has 14 nitrogen and oxygen atoms in total. The third kappa shape index (κ3) is 6.53. The van der Waals surface area contributed by atoms with Gasteiger partial charge in [0.25, 0.3) is 5.56 Å². The number of H-pyrrole nitrogens is 1. The maximum Gasteiger partial charge on any atom is 0.527 e. The van der Waals surface area contributed by atoms with Crippen LogP contribution in [-0.4, -0.2) is 45.7 Å². The first-order valence-electron chi connectivity index (χ1n) is 12.2. The summed E-state index contributed by atoms with van der Waals surface area (Å²) in [7, 11) is -9.59. The molecule has 1 fully saturated rings. The summed E-state index contributed by atoms with van der Waals surface area (Å²) in [5, 5.41) is 2.91. The quantitative estimate of drug-likeness (QED) is 0.197. The van der Waals surface area contributed by atoms with Gasteiger partial charge in [-0.1, -0.05) is 24.3 Å². The molecule has 1 aliphatic heterocycles. The smallest absolute Gasteiger partial charge is 0.401 e. The molecule has 3 aromatic rings. The molecule has 2 aromatic carbocycles. The van der Waals surface area contributed by atoms with Crippen LogP contribution in [0.1, 0.15) is 6.42 Å². The summed E-state index contributed by atoms with van der Waals surface area (Å²) in [4.78, 5) is 40.9. The van der Waals surface area contributed by atoms with E-state index in [1.165, 1.54) is 24.3 Å². The van der Waals surface area contributed by atoms with Crippen molar-refractivity contribution in [2.45, 2.75) is 12.5 Å². The van der Waals surface area contributed by atoms with Crippen molar-refractivity contribution in [2.75, 3.05) is 35.8 Å². The van der Waals surface area contributed by atoms with E-state index in [1.807, 2.05) is 0 Å². The van der Waals surface area contributed by atoms with Crippen molar-refractivity contribution >= 4 is 33.1 Å². The van der Waals surface area contributed by atoms with Gasteiger partial charge >= 0.3 is 15.6 Å². The highest BCUT2D eigenvalue weighted by Crippen LogP contribution is 2.51. The van der Waals surface area contributed by atoms with Crippen LogP contribution in [0.2, 0.25) is 0 Å². The molecule has 18 heteroatoms. The fraction of sp³-hybridized carbons (Fsp3) is 0.304. The summed E-state index contributed by atoms with van der Waals surface area (Å²) in [5.41, 5.74) is 5.38. The van der Waals surface area contributed by atoms with Gasteiger partial charge in [-0.2, -0.15) is 4.98 Å². The second kappa shape index (κ2) is 11.4. The van der Waals surface area contributed by atoms with Gasteiger partial charge in [-0.05, 0) is 36.6 Å². The average Bonchev–Trinajstić information content (AvgIpc) is 3.29. The summed E-state index contributed by atoms with van der Waals surface area (Å²) >= 11 is 0. The first-order valence-corrected chi connectivity index (χ1v) is 15.1. The number of halogens is 2. The topological polar surface area (TPSA) is 199 Å². The Morgan fingerprint density at radius 2 is 1.54 bits per heavy atom. The standard InChI is InChI=1S/C23H25F2N5O9P2/c24-15-5-1-3-7-18(15)38-40(32,33)36-10-13-9-17(30-12-27-20-21(30)28-23(26)29-22(20)31)14(13)11-37-41(34,35)39-19-8-4-2-6-16(19)25/h1-8,13-14,17,27H,9-12H2,(H,32,33)(H,34,35)(H3,26,28,29,31)/t13-,14-,17-/m1/s1. The number of benzene rings is 2. The van der Waals surface area contributed by atoms with E-state index in [0.717, 1.165) is 24.3 Å². The van der Waals surface area contributed by atoms with Gasteiger partial charge in [-0.3, -0.25) is 28.6 Å². The lowest BCUT2D eigenvalue weighted by molar-refractivity contribution is 0.0209. The van der Waals surface area contributed by atoms with E-state index >= 15 is 0 Å². The van der Waals surface area contributed by atoms with Crippen molar-refractivity contribution in [3.05, 3.63) is 70.5 Å². The summed E-state index contributed by atoms with van der Waals surface area (Å²) in [6, 6.07) is 9.49. The van der Waals surface area contributed by atoms with Crippen LogP contribution in [0.5, 0.6) is 11.5 Å². The molecule has 41 heavy (non-hydrogen) atoms. The minimum atomic E-state index is -4.82. The number of aromatic amines is 1. The lowest BCUT2D eigenvalue weighted by Gasteiger charge is -2.48. The van der Waals surface area contributed by atoms with Crippen LogP contribution in [0.25, 0.3) is 0 Å². The van der Waals surface area contributed by atoms with Crippen LogP contribution in [0.3, 0.4) is 0 Å². The largest absolute Gasteiger partial charge is 0.527 e. The Kier molecular flexibility index (Phi) is 8.06. The molecule has 2 unspecified atom stereocenters. The minimum Gasteiger partial charge on any atom is -0.401 e. The summed E-state index contributed by atoms with van der Waals surface area (Å²) in [5.74, 6) is -3.79. The zero-order valence-corrected chi connectivity index (χ0v) is 22.8. The van der Waals surface area contributed by atoms with Crippen LogP contribution in [-0.2, 0) is 18.2 Å². The molecule has 5 atom stereocenters. The zero-order valence-electron chi connectivity index (χ0n) is 21.1. The van der Waals surface area contributed by atoms with Crippen LogP contribution in [0, 0.1) is 23.5 Å². The highest BCUT2D eigenvalue weighted by molar-refractivity contribution is 7.48. The van der Waals surface area contributed by atoms with Crippen molar-refractivity contribution in [3.63, 3.8) is 0 Å². The Morgan fingerprint density at radius 1 is 0.976 bits per heavy atom. The first kappa shape index (κ1) is 29.0. The fourth-order valence-corrected chi connectivity index (χ4v) is 6.28. The Hall–Kier alpha value is -3.52. The molecule has 0 radical (unpaired) electrons. The number of phosphoric ester groups is 2. The third-order valence-electron chi connectivity index (χ3n) is 6.64. The van der Waals surface area contributed by atoms with Gasteiger partial charge in [0.1, 0.15) is 5.69 Å². The number of nitrogen functional groups attached to an aromatic ring is 1. The molecule has 1 saturated carbocycles. The van der Waals surface area contributed by atoms with E-state index in [-0.39, 0.29) is 30.7 Å². The molecule has 2 aliphatic rings. The number of phosphoric acid groups is 2. The number of fused-ring (bicyclic) bond motifs is 1. The summed E-state index contributed by atoms with van der Waals surface area (Å²) in [6.45, 7) is -0.675. The lowest BCUT2D eigenvalue weighted by atomic mass is 9.69. The number of nitrogens with two attached hydrogens (primary N) is 1. The van der Waals surface area contributed by atoms with Crippen molar-refractivity contribution < 1.29 is 45.8 Å². The molecule has 2 heterocycles. The average molecular weight is 615 g/mol. The molecule has 1 aliphatic carbocycles. The molecule has 220 valence electrons. The highest BCUT2D eigenvalue weighted by Gasteiger charge is 2.49. The monoisotopic (exact) mass is 615 g/mol. The van der Waals surface area contributed by atoms with Gasteiger partial charge in [0, 0.05) is 12.0 Å². The van der Waals surface area contributed by atoms with Crippen LogP contribution in [0.4, 0.5) is 26.2 Å². The number of anilines is 3. The maximum atomic E-state index is 14.0. The summed E-state index contributed by atoms with van der Waals surface area (Å²) in [6.07, 6.45) is 0.299. The number of para-hydroxylation sites is 2. The van der Waals surface area contributed by atoms with Gasteiger partial charge in [0.2, 0.25) is 5.95 Å². The van der Waals surface area contributed by atoms with Crippen LogP contribution in [0.15, 0.2) is 53.3 Å². The molecule has 1 aromatic heterocycles. The Balaban J connectivity index is 1.31. The van der Waals surface area contributed by atoms with Gasteiger partial charge in [0.05, 0.1) is 19.9 Å². The third-order valence-corrected chi connectivity index (χ3v) is 8.45. The van der Waals surface area contributed by atoms with Crippen molar-refractivity contribution in [3.8, 4) is 11.5 Å². The molecule has 0 spiro atoms. The predicted octanol–water partition coefficient (Wildman–Crippen LogP) is 3.22. The van der Waals surface area contributed by atoms with Gasteiger partial charge in [0.15, 0.2) is 29.0 Å². The van der Waals surface area contributed by atoms with Crippen molar-refractivity contribution in [1.29, 1.82) is 0 Å².